The second-order valence-corrected chi connectivity index (χ2v) is 5.21. The first-order valence-corrected chi connectivity index (χ1v) is 7.17. The highest BCUT2D eigenvalue weighted by Crippen LogP contribution is 2.29. The van der Waals surface area contributed by atoms with E-state index in [1.165, 1.54) is 4.90 Å². The highest BCUT2D eigenvalue weighted by molar-refractivity contribution is 6.01. The molecule has 4 nitrogen and oxygen atoms in total. The van der Waals surface area contributed by atoms with Crippen molar-refractivity contribution in [2.75, 3.05) is 6.54 Å². The van der Waals surface area contributed by atoms with Crippen LogP contribution in [0.4, 0.5) is 0 Å². The van der Waals surface area contributed by atoms with E-state index in [0.29, 0.717) is 25.8 Å². The molecule has 21 heavy (non-hydrogen) atoms. The van der Waals surface area contributed by atoms with Crippen LogP contribution in [0.25, 0.3) is 0 Å². The van der Waals surface area contributed by atoms with E-state index in [1.54, 1.807) is 6.26 Å². The molecule has 2 aromatic rings. The van der Waals surface area contributed by atoms with Gasteiger partial charge in [-0.1, -0.05) is 30.3 Å². The second kappa shape index (κ2) is 5.95. The summed E-state index contributed by atoms with van der Waals surface area (Å²) in [6.07, 6.45) is 3.01. The summed E-state index contributed by atoms with van der Waals surface area (Å²) in [7, 11) is 0. The van der Waals surface area contributed by atoms with E-state index in [9.17, 15) is 9.59 Å². The maximum absolute atomic E-state index is 11.7. The summed E-state index contributed by atoms with van der Waals surface area (Å²) in [5, 5.41) is 0. The van der Waals surface area contributed by atoms with E-state index >= 15 is 0 Å². The molecule has 0 bridgehead atoms. The van der Waals surface area contributed by atoms with E-state index in [2.05, 4.69) is 0 Å². The molecule has 1 atom stereocenters. The molecule has 0 spiro atoms. The van der Waals surface area contributed by atoms with Crippen LogP contribution in [0.1, 0.15) is 36.5 Å². The van der Waals surface area contributed by atoms with Gasteiger partial charge < -0.3 is 4.42 Å². The molecule has 1 aromatic heterocycles. The number of carbonyl (C=O) groups excluding carboxylic acids is 2. The first-order chi connectivity index (χ1) is 10.3. The highest BCUT2D eigenvalue weighted by atomic mass is 16.3. The predicted molar refractivity (Wildman–Crippen MR) is 77.6 cm³/mol. The van der Waals surface area contributed by atoms with E-state index in [1.807, 2.05) is 42.5 Å². The molecular weight excluding hydrogens is 266 g/mol. The van der Waals surface area contributed by atoms with Crippen LogP contribution in [0.15, 0.2) is 53.1 Å². The standard InChI is InChI=1S/C17H17NO3/c19-16-8-9-17(20)18(16)11-10-14(15-7-4-12-21-15)13-5-2-1-3-6-13/h1-7,12,14H,8-11H2. The number of furan rings is 1. The van der Waals surface area contributed by atoms with E-state index in [4.69, 9.17) is 4.42 Å². The molecular formula is C17H17NO3. The van der Waals surface area contributed by atoms with Crippen LogP contribution >= 0.6 is 0 Å². The molecule has 4 heteroatoms. The third-order valence-electron chi connectivity index (χ3n) is 3.88. The molecule has 0 radical (unpaired) electrons. The molecule has 0 aliphatic carbocycles. The van der Waals surface area contributed by atoms with E-state index < -0.39 is 0 Å². The van der Waals surface area contributed by atoms with E-state index in [-0.39, 0.29) is 17.7 Å². The van der Waals surface area contributed by atoms with Gasteiger partial charge in [0.05, 0.1) is 6.26 Å². The average molecular weight is 283 g/mol. The van der Waals surface area contributed by atoms with Crippen LogP contribution in [-0.2, 0) is 9.59 Å². The van der Waals surface area contributed by atoms with E-state index in [0.717, 1.165) is 11.3 Å². The van der Waals surface area contributed by atoms with Crippen LogP contribution in [0.2, 0.25) is 0 Å². The lowest BCUT2D eigenvalue weighted by Gasteiger charge is -2.19. The number of hydrogen-bond donors (Lipinski definition) is 0. The van der Waals surface area contributed by atoms with Crippen molar-refractivity contribution in [3.63, 3.8) is 0 Å². The van der Waals surface area contributed by atoms with Crippen molar-refractivity contribution in [3.8, 4) is 0 Å². The Kier molecular flexibility index (Phi) is 3.86. The molecule has 1 saturated heterocycles. The van der Waals surface area contributed by atoms with Gasteiger partial charge in [0.25, 0.3) is 0 Å². The Morgan fingerprint density at radius 3 is 2.33 bits per heavy atom. The van der Waals surface area contributed by atoms with Gasteiger partial charge >= 0.3 is 0 Å². The third-order valence-corrected chi connectivity index (χ3v) is 3.88. The number of likely N-dealkylation sites (tertiary alicyclic amines) is 1. The van der Waals surface area contributed by atoms with Gasteiger partial charge in [-0.25, -0.2) is 0 Å². The molecule has 1 aliphatic rings. The zero-order valence-electron chi connectivity index (χ0n) is 11.7. The molecule has 3 rings (SSSR count). The second-order valence-electron chi connectivity index (χ2n) is 5.21. The average Bonchev–Trinajstić information content (AvgIpc) is 3.13. The topological polar surface area (TPSA) is 50.5 Å². The Morgan fingerprint density at radius 2 is 1.71 bits per heavy atom. The fourth-order valence-corrected chi connectivity index (χ4v) is 2.78. The summed E-state index contributed by atoms with van der Waals surface area (Å²) >= 11 is 0. The monoisotopic (exact) mass is 283 g/mol. The lowest BCUT2D eigenvalue weighted by atomic mass is 9.93. The molecule has 0 N–H and O–H groups in total. The van der Waals surface area contributed by atoms with Crippen molar-refractivity contribution >= 4 is 11.8 Å². The van der Waals surface area contributed by atoms with Crippen LogP contribution in [0, 0.1) is 0 Å². The first kappa shape index (κ1) is 13.6. The molecule has 1 aliphatic heterocycles. The number of amides is 2. The third kappa shape index (κ3) is 2.89. The fourth-order valence-electron chi connectivity index (χ4n) is 2.78. The van der Waals surface area contributed by atoms with Gasteiger partial charge in [0.2, 0.25) is 11.8 Å². The Hall–Kier alpha value is -2.36. The van der Waals surface area contributed by atoms with Crippen molar-refractivity contribution in [1.29, 1.82) is 0 Å². The molecule has 0 saturated carbocycles. The molecule has 2 heterocycles. The maximum atomic E-state index is 11.7. The minimum atomic E-state index is -0.0637. The number of benzene rings is 1. The molecule has 1 fully saturated rings. The number of nitrogens with zero attached hydrogens (tertiary/aromatic N) is 1. The number of imide groups is 1. The Balaban J connectivity index is 1.77. The van der Waals surface area contributed by atoms with Gasteiger partial charge in [0.1, 0.15) is 5.76 Å². The zero-order chi connectivity index (χ0) is 14.7. The fraction of sp³-hybridized carbons (Fsp3) is 0.294. The quantitative estimate of drug-likeness (QED) is 0.793. The van der Waals surface area contributed by atoms with Crippen molar-refractivity contribution in [2.24, 2.45) is 0 Å². The lowest BCUT2D eigenvalue weighted by molar-refractivity contribution is -0.138. The minimum absolute atomic E-state index is 0.0578. The Labute approximate surface area is 123 Å². The SMILES string of the molecule is O=C1CCC(=O)N1CCC(c1ccccc1)c1ccco1. The summed E-state index contributed by atoms with van der Waals surface area (Å²) in [5.41, 5.74) is 1.13. The molecule has 2 amide bonds. The summed E-state index contributed by atoms with van der Waals surface area (Å²) in [5.74, 6) is 0.792. The van der Waals surface area contributed by atoms with Crippen LogP contribution in [0.3, 0.4) is 0 Å². The van der Waals surface area contributed by atoms with Crippen molar-refractivity contribution in [2.45, 2.75) is 25.2 Å². The number of hydrogen-bond acceptors (Lipinski definition) is 3. The molecule has 108 valence electrons. The summed E-state index contributed by atoms with van der Waals surface area (Å²) in [6, 6.07) is 13.8. The molecule has 1 aromatic carbocycles. The Morgan fingerprint density at radius 1 is 1.00 bits per heavy atom. The molecule has 1 unspecified atom stereocenters. The number of rotatable bonds is 5. The Bertz CT molecular complexity index is 603. The smallest absolute Gasteiger partial charge is 0.229 e. The van der Waals surface area contributed by atoms with Gasteiger partial charge in [-0.15, -0.1) is 0 Å². The normalized spacial score (nSPS) is 16.5. The maximum Gasteiger partial charge on any atom is 0.229 e. The van der Waals surface area contributed by atoms with Crippen LogP contribution in [-0.4, -0.2) is 23.3 Å². The number of carbonyl (C=O) groups is 2. The van der Waals surface area contributed by atoms with Gasteiger partial charge in [-0.05, 0) is 24.1 Å². The largest absolute Gasteiger partial charge is 0.469 e. The summed E-state index contributed by atoms with van der Waals surface area (Å²) in [4.78, 5) is 24.8. The highest BCUT2D eigenvalue weighted by Gasteiger charge is 2.29. The van der Waals surface area contributed by atoms with Gasteiger partial charge in [-0.3, -0.25) is 14.5 Å². The zero-order valence-corrected chi connectivity index (χ0v) is 11.7. The minimum Gasteiger partial charge on any atom is -0.469 e. The van der Waals surface area contributed by atoms with Crippen molar-refractivity contribution in [3.05, 3.63) is 60.1 Å². The van der Waals surface area contributed by atoms with Gasteiger partial charge in [-0.2, -0.15) is 0 Å². The predicted octanol–water partition coefficient (Wildman–Crippen LogP) is 2.95. The first-order valence-electron chi connectivity index (χ1n) is 7.17. The van der Waals surface area contributed by atoms with Crippen molar-refractivity contribution < 1.29 is 14.0 Å². The van der Waals surface area contributed by atoms with Crippen molar-refractivity contribution in [1.82, 2.24) is 4.90 Å². The summed E-state index contributed by atoms with van der Waals surface area (Å²) in [6.45, 7) is 0.442. The van der Waals surface area contributed by atoms with Crippen LogP contribution < -0.4 is 0 Å². The lowest BCUT2D eigenvalue weighted by Crippen LogP contribution is -2.31. The van der Waals surface area contributed by atoms with Gasteiger partial charge in [0, 0.05) is 25.3 Å². The summed E-state index contributed by atoms with van der Waals surface area (Å²) < 4.78 is 5.53. The van der Waals surface area contributed by atoms with Crippen LogP contribution in [0.5, 0.6) is 0 Å². The van der Waals surface area contributed by atoms with Gasteiger partial charge in [0.15, 0.2) is 0 Å².